The number of hydrogen-bond acceptors (Lipinski definition) is 14. The van der Waals surface area contributed by atoms with Gasteiger partial charge in [0, 0.05) is 25.2 Å². The van der Waals surface area contributed by atoms with Crippen molar-refractivity contribution >= 4 is 35.6 Å². The number of aliphatic hydroxyl groups is 2. The van der Waals surface area contributed by atoms with Gasteiger partial charge in [-0.05, 0) is 71.7 Å². The van der Waals surface area contributed by atoms with Crippen LogP contribution >= 0.6 is 0 Å². The van der Waals surface area contributed by atoms with Crippen LogP contribution in [0.25, 0.3) is 0 Å². The highest BCUT2D eigenvalue weighted by atomic mass is 16.6. The fraction of sp³-hybridized carbons (Fsp3) is 0.565. The van der Waals surface area contributed by atoms with E-state index in [1.165, 1.54) is 30.9 Å². The van der Waals surface area contributed by atoms with Gasteiger partial charge < -0.3 is 38.6 Å². The summed E-state index contributed by atoms with van der Waals surface area (Å²) in [5.41, 5.74) is -9.41. The summed E-state index contributed by atoms with van der Waals surface area (Å²) in [4.78, 5) is 87.0. The van der Waals surface area contributed by atoms with E-state index in [4.69, 9.17) is 28.4 Å². The number of amides is 1. The van der Waals surface area contributed by atoms with E-state index in [9.17, 15) is 34.2 Å². The highest BCUT2D eigenvalue weighted by Gasteiger charge is 2.78. The van der Waals surface area contributed by atoms with Crippen molar-refractivity contribution in [1.29, 1.82) is 0 Å². The molecule has 2 aromatic carbocycles. The first-order chi connectivity index (χ1) is 28.3. The normalized spacial score (nSPS) is 35.1. The Kier molecular flexibility index (Phi) is 10.7. The molecule has 10 atom stereocenters. The molecule has 328 valence electrons. The summed E-state index contributed by atoms with van der Waals surface area (Å²) < 4.78 is 36.6. The van der Waals surface area contributed by atoms with Crippen LogP contribution in [-0.4, -0.2) is 104 Å². The second-order valence-corrected chi connectivity index (χ2v) is 19.2. The highest BCUT2D eigenvalue weighted by Crippen LogP contribution is 2.64. The van der Waals surface area contributed by atoms with Crippen LogP contribution in [-0.2, 0) is 47.6 Å². The maximum Gasteiger partial charge on any atom is 0.413 e. The monoisotopic (exact) mass is 845 g/mol. The Bertz CT molecular complexity index is 2180. The number of hydrogen-bond donors (Lipinski definition) is 2. The summed E-state index contributed by atoms with van der Waals surface area (Å²) in [6, 6.07) is 15.5. The average Bonchev–Trinajstić information content (AvgIpc) is 3.47. The molecule has 61 heavy (non-hydrogen) atoms. The van der Waals surface area contributed by atoms with Gasteiger partial charge in [-0.25, -0.2) is 14.4 Å². The SMILES string of the molecule is CC(=O)O[C@@]12CO[C@@H]1C[C@@H](O)[C@@]1(C)C(=O)C(=O)C3C(C)=C(OC(=O)C4OC(C)(C)N(C(=O)OC(C)(C)C)[C@H]4c4ccccc4)C[C@@](O)([C@@H](OC(=O)c4ccccc4)[C@H]21)C3(C)C. The van der Waals surface area contributed by atoms with Gasteiger partial charge in [0.2, 0.25) is 11.6 Å². The number of allylic oxidation sites excluding steroid dienone is 1. The van der Waals surface area contributed by atoms with Crippen molar-refractivity contribution in [2.24, 2.45) is 22.7 Å². The van der Waals surface area contributed by atoms with Gasteiger partial charge in [-0.2, -0.15) is 0 Å². The molecule has 0 radical (unpaired) electrons. The topological polar surface area (TPSA) is 201 Å². The number of esters is 3. The zero-order valence-corrected chi connectivity index (χ0v) is 36.2. The molecule has 1 amide bonds. The summed E-state index contributed by atoms with van der Waals surface area (Å²) in [7, 11) is 0. The number of benzene rings is 2. The Morgan fingerprint density at radius 1 is 0.918 bits per heavy atom. The average molecular weight is 846 g/mol. The summed E-state index contributed by atoms with van der Waals surface area (Å²) in [6.45, 7) is 15.2. The Hall–Kier alpha value is -4.96. The van der Waals surface area contributed by atoms with E-state index in [2.05, 4.69) is 0 Å². The molecule has 5 aliphatic rings. The molecular weight excluding hydrogens is 790 g/mol. The van der Waals surface area contributed by atoms with Gasteiger partial charge in [0.1, 0.15) is 40.9 Å². The lowest BCUT2D eigenvalue weighted by atomic mass is 9.44. The van der Waals surface area contributed by atoms with Gasteiger partial charge in [0.15, 0.2) is 11.7 Å². The van der Waals surface area contributed by atoms with Crippen molar-refractivity contribution < 1.29 is 67.4 Å². The molecule has 15 nitrogen and oxygen atoms in total. The number of Topliss-reactive ketones (excluding diaryl/α,β-unsaturated/α-hetero) is 2. The minimum absolute atomic E-state index is 0.0857. The number of rotatable bonds is 6. The summed E-state index contributed by atoms with van der Waals surface area (Å²) in [6.07, 6.45) is -7.37. The molecule has 2 N–H and O–H groups in total. The molecule has 3 aliphatic carbocycles. The number of carbonyl (C=O) groups is 6. The standard InChI is InChI=1S/C46H55NO14/c1-24-28(57-39(53)34-32(26-17-13-11-14-18-26)47(43(8,9)60-34)40(54)61-41(3,4)5)22-46(55)37(58-38(52)27-19-15-12-16-20-27)35-44(10,36(51)33(50)31(24)42(46,6)7)29(49)21-30-45(35,23-56-30)59-25(2)48/h11-20,29-32,34-35,37,49,55H,21-23H2,1-10H3/t29-,30-,31?,32+,34?,35+,37+,44-,45+,46-/m1/s1. The summed E-state index contributed by atoms with van der Waals surface area (Å²) >= 11 is 0. The number of carbonyl (C=O) groups excluding carboxylic acids is 6. The van der Waals surface area contributed by atoms with Crippen LogP contribution in [0.4, 0.5) is 4.79 Å². The number of nitrogens with zero attached hydrogens (tertiary/aromatic N) is 1. The predicted octanol–water partition coefficient (Wildman–Crippen LogP) is 5.16. The Balaban J connectivity index is 1.38. The van der Waals surface area contributed by atoms with Crippen molar-refractivity contribution in [2.75, 3.05) is 6.61 Å². The van der Waals surface area contributed by atoms with Crippen molar-refractivity contribution in [3.8, 4) is 0 Å². The maximum atomic E-state index is 15.0. The van der Waals surface area contributed by atoms with E-state index < -0.39 is 118 Å². The quantitative estimate of drug-likeness (QED) is 0.219. The largest absolute Gasteiger partial charge is 0.455 e. The lowest BCUT2D eigenvalue weighted by Gasteiger charge is -2.67. The number of fused-ring (bicyclic) bond motifs is 5. The number of aliphatic hydroxyl groups excluding tert-OH is 1. The third kappa shape index (κ3) is 6.88. The molecule has 2 heterocycles. The van der Waals surface area contributed by atoms with Gasteiger partial charge in [-0.1, -0.05) is 62.4 Å². The van der Waals surface area contributed by atoms with Gasteiger partial charge in [0.05, 0.1) is 35.5 Å². The molecule has 2 aromatic rings. The maximum absolute atomic E-state index is 15.0. The fourth-order valence-electron chi connectivity index (χ4n) is 10.5. The molecule has 2 unspecified atom stereocenters. The molecule has 15 heteroatoms. The number of ether oxygens (including phenoxy) is 6. The van der Waals surface area contributed by atoms with Crippen molar-refractivity contribution in [1.82, 2.24) is 4.90 Å². The molecule has 2 bridgehead atoms. The van der Waals surface area contributed by atoms with Crippen LogP contribution in [0.3, 0.4) is 0 Å². The number of ketones is 2. The van der Waals surface area contributed by atoms with Gasteiger partial charge in [0.25, 0.3) is 0 Å². The van der Waals surface area contributed by atoms with Crippen LogP contribution in [0.1, 0.15) is 104 Å². The van der Waals surface area contributed by atoms with Crippen LogP contribution in [0.5, 0.6) is 0 Å². The van der Waals surface area contributed by atoms with Crippen molar-refractivity contribution in [3.05, 3.63) is 83.1 Å². The third-order valence-corrected chi connectivity index (χ3v) is 13.6. The predicted molar refractivity (Wildman–Crippen MR) is 214 cm³/mol. The van der Waals surface area contributed by atoms with Crippen LogP contribution in [0.15, 0.2) is 72.0 Å². The second kappa shape index (κ2) is 14.8. The van der Waals surface area contributed by atoms with Crippen LogP contribution in [0, 0.1) is 22.7 Å². The van der Waals surface area contributed by atoms with E-state index in [0.717, 1.165) is 6.92 Å². The second-order valence-electron chi connectivity index (χ2n) is 19.2. The molecule has 2 saturated heterocycles. The van der Waals surface area contributed by atoms with Crippen molar-refractivity contribution in [2.45, 2.75) is 135 Å². The summed E-state index contributed by atoms with van der Waals surface area (Å²) in [5, 5.41) is 25.5. The first-order valence-electron chi connectivity index (χ1n) is 20.5. The molecule has 2 saturated carbocycles. The van der Waals surface area contributed by atoms with Gasteiger partial charge in [-0.15, -0.1) is 0 Å². The Morgan fingerprint density at radius 2 is 1.52 bits per heavy atom. The van der Waals surface area contributed by atoms with E-state index in [1.54, 1.807) is 97.0 Å². The fourth-order valence-corrected chi connectivity index (χ4v) is 10.5. The third-order valence-electron chi connectivity index (χ3n) is 13.6. The first kappa shape index (κ1) is 44.1. The van der Waals surface area contributed by atoms with E-state index >= 15 is 4.79 Å². The van der Waals surface area contributed by atoms with E-state index in [0.29, 0.717) is 5.56 Å². The Morgan fingerprint density at radius 3 is 2.08 bits per heavy atom. The van der Waals surface area contributed by atoms with E-state index in [-0.39, 0.29) is 29.9 Å². The summed E-state index contributed by atoms with van der Waals surface area (Å²) in [5.74, 6) is -7.96. The van der Waals surface area contributed by atoms with Crippen LogP contribution in [0.2, 0.25) is 0 Å². The lowest BCUT2D eigenvalue weighted by molar-refractivity contribution is -0.345. The Labute approximate surface area is 354 Å². The zero-order chi connectivity index (χ0) is 44.8. The molecular formula is C46H55NO14. The smallest absolute Gasteiger partial charge is 0.413 e. The highest BCUT2D eigenvalue weighted by molar-refractivity contribution is 6.41. The minimum Gasteiger partial charge on any atom is -0.455 e. The lowest BCUT2D eigenvalue weighted by Crippen LogP contribution is -2.81. The molecule has 7 rings (SSSR count). The minimum atomic E-state index is -2.37. The van der Waals surface area contributed by atoms with Crippen LogP contribution < -0.4 is 0 Å². The molecule has 4 fully saturated rings. The molecule has 0 spiro atoms. The van der Waals surface area contributed by atoms with Gasteiger partial charge >= 0.3 is 24.0 Å². The van der Waals surface area contributed by atoms with Gasteiger partial charge in [-0.3, -0.25) is 19.3 Å². The first-order valence-corrected chi connectivity index (χ1v) is 20.5. The molecule has 0 aromatic heterocycles. The van der Waals surface area contributed by atoms with E-state index in [1.807, 2.05) is 0 Å². The molecule has 2 aliphatic heterocycles. The van der Waals surface area contributed by atoms with Crippen molar-refractivity contribution in [3.63, 3.8) is 0 Å². The zero-order valence-electron chi connectivity index (χ0n) is 36.2.